The number of halogens is 4. The Hall–Kier alpha value is -1.28. The fraction of sp³-hybridized carbons (Fsp3) is 0.462. The smallest absolute Gasteiger partial charge is 0.411 e. The summed E-state index contributed by atoms with van der Waals surface area (Å²) in [5.41, 5.74) is 0.840. The van der Waals surface area contributed by atoms with E-state index in [9.17, 15) is 18.0 Å². The number of carbonyl (C=O) groups is 1. The fourth-order valence-corrected chi connectivity index (χ4v) is 2.05. The first-order valence-corrected chi connectivity index (χ1v) is 6.85. The minimum absolute atomic E-state index is 0.118. The Bertz CT molecular complexity index is 480. The summed E-state index contributed by atoms with van der Waals surface area (Å²) in [6.07, 6.45) is -4.49. The predicted molar refractivity (Wildman–Crippen MR) is 74.0 cm³/mol. The van der Waals surface area contributed by atoms with Crippen LogP contribution in [0.15, 0.2) is 22.7 Å². The topological polar surface area (TPSA) is 47.6 Å². The van der Waals surface area contributed by atoms with Crippen LogP contribution in [-0.4, -0.2) is 32.4 Å². The molecular formula is C13H15BrF3NO3. The molecule has 0 radical (unpaired) electrons. The van der Waals surface area contributed by atoms with Gasteiger partial charge in [0.05, 0.1) is 18.2 Å². The molecule has 0 aliphatic carbocycles. The lowest BCUT2D eigenvalue weighted by atomic mass is 10.2. The van der Waals surface area contributed by atoms with E-state index in [4.69, 9.17) is 4.74 Å². The number of nitrogens with one attached hydrogen (secondary N) is 1. The molecule has 1 N–H and O–H groups in total. The summed E-state index contributed by atoms with van der Waals surface area (Å²) in [7, 11) is 1.54. The third-order valence-electron chi connectivity index (χ3n) is 2.45. The van der Waals surface area contributed by atoms with Crippen LogP contribution in [0.2, 0.25) is 0 Å². The van der Waals surface area contributed by atoms with E-state index in [1.807, 2.05) is 0 Å². The van der Waals surface area contributed by atoms with Gasteiger partial charge in [-0.25, -0.2) is 0 Å². The quantitative estimate of drug-likeness (QED) is 0.751. The van der Waals surface area contributed by atoms with Crippen LogP contribution in [0, 0.1) is 0 Å². The Morgan fingerprint density at radius 1 is 1.38 bits per heavy atom. The van der Waals surface area contributed by atoms with E-state index in [-0.39, 0.29) is 25.5 Å². The van der Waals surface area contributed by atoms with E-state index in [1.54, 1.807) is 25.3 Å². The number of ether oxygens (including phenoxy) is 2. The lowest BCUT2D eigenvalue weighted by Gasteiger charge is -2.09. The van der Waals surface area contributed by atoms with Crippen LogP contribution in [0.3, 0.4) is 0 Å². The zero-order valence-corrected chi connectivity index (χ0v) is 12.9. The van der Waals surface area contributed by atoms with Crippen molar-refractivity contribution in [3.05, 3.63) is 28.2 Å². The average molecular weight is 370 g/mol. The highest BCUT2D eigenvalue weighted by molar-refractivity contribution is 9.10. The van der Waals surface area contributed by atoms with Gasteiger partial charge < -0.3 is 14.8 Å². The van der Waals surface area contributed by atoms with Crippen LogP contribution < -0.4 is 10.1 Å². The summed E-state index contributed by atoms with van der Waals surface area (Å²) in [4.78, 5) is 11.4. The van der Waals surface area contributed by atoms with E-state index >= 15 is 0 Å². The summed E-state index contributed by atoms with van der Waals surface area (Å²) < 4.78 is 45.6. The molecule has 0 unspecified atom stereocenters. The van der Waals surface area contributed by atoms with E-state index in [0.29, 0.717) is 5.75 Å². The Labute approximate surface area is 128 Å². The minimum Gasteiger partial charge on any atom is -0.496 e. The predicted octanol–water partition coefficient (Wildman–Crippen LogP) is 3.04. The molecule has 0 fully saturated rings. The van der Waals surface area contributed by atoms with Gasteiger partial charge >= 0.3 is 6.18 Å². The molecule has 0 aliphatic rings. The fourth-order valence-electron chi connectivity index (χ4n) is 1.46. The molecule has 0 atom stereocenters. The number of benzene rings is 1. The SMILES string of the molecule is COc1ccc(CNC(=O)CCOCC(F)(F)F)cc1Br. The zero-order valence-electron chi connectivity index (χ0n) is 11.3. The van der Waals surface area contributed by atoms with Gasteiger partial charge in [-0.2, -0.15) is 13.2 Å². The highest BCUT2D eigenvalue weighted by Crippen LogP contribution is 2.25. The van der Waals surface area contributed by atoms with Crippen LogP contribution in [0.4, 0.5) is 13.2 Å². The molecule has 1 rings (SSSR count). The van der Waals surface area contributed by atoms with Crippen LogP contribution >= 0.6 is 15.9 Å². The average Bonchev–Trinajstić information content (AvgIpc) is 2.40. The molecule has 1 aromatic carbocycles. The second-order valence-electron chi connectivity index (χ2n) is 4.16. The maximum absolute atomic E-state index is 11.8. The normalized spacial score (nSPS) is 11.3. The molecule has 1 aromatic rings. The van der Waals surface area contributed by atoms with Crippen molar-refractivity contribution in [1.29, 1.82) is 0 Å². The van der Waals surface area contributed by atoms with Crippen LogP contribution in [0.1, 0.15) is 12.0 Å². The highest BCUT2D eigenvalue weighted by Gasteiger charge is 2.27. The number of amides is 1. The third-order valence-corrected chi connectivity index (χ3v) is 3.06. The van der Waals surface area contributed by atoms with Crippen LogP contribution in [-0.2, 0) is 16.1 Å². The Morgan fingerprint density at radius 3 is 2.67 bits per heavy atom. The number of alkyl halides is 3. The lowest BCUT2D eigenvalue weighted by Crippen LogP contribution is -2.25. The van der Waals surface area contributed by atoms with Crippen molar-refractivity contribution >= 4 is 21.8 Å². The monoisotopic (exact) mass is 369 g/mol. The molecule has 0 aromatic heterocycles. The molecule has 0 saturated carbocycles. The Morgan fingerprint density at radius 2 is 2.10 bits per heavy atom. The second-order valence-corrected chi connectivity index (χ2v) is 5.02. The highest BCUT2D eigenvalue weighted by atomic mass is 79.9. The summed E-state index contributed by atoms with van der Waals surface area (Å²) in [6, 6.07) is 5.32. The Balaban J connectivity index is 2.28. The molecule has 0 saturated heterocycles. The van der Waals surface area contributed by atoms with E-state index in [2.05, 4.69) is 26.0 Å². The van der Waals surface area contributed by atoms with Crippen molar-refractivity contribution in [3.8, 4) is 5.75 Å². The van der Waals surface area contributed by atoms with E-state index < -0.39 is 12.8 Å². The standard InChI is InChI=1S/C13H15BrF3NO3/c1-20-11-3-2-9(6-10(11)14)7-18-12(19)4-5-21-8-13(15,16)17/h2-3,6H,4-5,7-8H2,1H3,(H,18,19). The first-order valence-electron chi connectivity index (χ1n) is 6.05. The van der Waals surface area contributed by atoms with Gasteiger partial charge in [-0.1, -0.05) is 6.07 Å². The summed E-state index contributed by atoms with van der Waals surface area (Å²) in [6.45, 7) is -1.33. The van der Waals surface area contributed by atoms with E-state index in [1.165, 1.54) is 0 Å². The van der Waals surface area contributed by atoms with Crippen molar-refractivity contribution in [2.24, 2.45) is 0 Å². The van der Waals surface area contributed by atoms with Gasteiger partial charge in [0.25, 0.3) is 0 Å². The number of rotatable bonds is 7. The van der Waals surface area contributed by atoms with Crippen molar-refractivity contribution in [3.63, 3.8) is 0 Å². The first kappa shape index (κ1) is 17.8. The maximum Gasteiger partial charge on any atom is 0.411 e. The molecule has 0 spiro atoms. The third kappa shape index (κ3) is 7.33. The summed E-state index contributed by atoms with van der Waals surface area (Å²) in [5.74, 6) is 0.301. The summed E-state index contributed by atoms with van der Waals surface area (Å²) in [5, 5.41) is 2.60. The van der Waals surface area contributed by atoms with Crippen molar-refractivity contribution < 1.29 is 27.4 Å². The number of carbonyl (C=O) groups excluding carboxylic acids is 1. The molecule has 0 bridgehead atoms. The maximum atomic E-state index is 11.8. The molecular weight excluding hydrogens is 355 g/mol. The summed E-state index contributed by atoms with van der Waals surface area (Å²) >= 11 is 3.32. The van der Waals surface area contributed by atoms with Crippen molar-refractivity contribution in [1.82, 2.24) is 5.32 Å². The zero-order chi connectivity index (χ0) is 15.9. The minimum atomic E-state index is -4.37. The molecule has 0 aliphatic heterocycles. The number of hydrogen-bond acceptors (Lipinski definition) is 3. The van der Waals surface area contributed by atoms with Gasteiger partial charge in [-0.15, -0.1) is 0 Å². The molecule has 1 amide bonds. The molecule has 0 heterocycles. The van der Waals surface area contributed by atoms with Crippen LogP contribution in [0.5, 0.6) is 5.75 Å². The molecule has 118 valence electrons. The van der Waals surface area contributed by atoms with Gasteiger partial charge in [0, 0.05) is 13.0 Å². The van der Waals surface area contributed by atoms with Crippen LogP contribution in [0.25, 0.3) is 0 Å². The van der Waals surface area contributed by atoms with Gasteiger partial charge in [-0.3, -0.25) is 4.79 Å². The number of hydrogen-bond donors (Lipinski definition) is 1. The van der Waals surface area contributed by atoms with Gasteiger partial charge in [0.2, 0.25) is 5.91 Å². The van der Waals surface area contributed by atoms with Gasteiger partial charge in [-0.05, 0) is 33.6 Å². The first-order chi connectivity index (χ1) is 9.81. The second kappa shape index (κ2) is 8.23. The van der Waals surface area contributed by atoms with Gasteiger partial charge in [0.15, 0.2) is 0 Å². The van der Waals surface area contributed by atoms with E-state index in [0.717, 1.165) is 10.0 Å². The van der Waals surface area contributed by atoms with Gasteiger partial charge in [0.1, 0.15) is 12.4 Å². The largest absolute Gasteiger partial charge is 0.496 e. The lowest BCUT2D eigenvalue weighted by molar-refractivity contribution is -0.174. The van der Waals surface area contributed by atoms with Crippen molar-refractivity contribution in [2.45, 2.75) is 19.1 Å². The molecule has 4 nitrogen and oxygen atoms in total. The Kier molecular flexibility index (Phi) is 6.97. The number of methoxy groups -OCH3 is 1. The molecule has 8 heteroatoms. The molecule has 21 heavy (non-hydrogen) atoms. The van der Waals surface area contributed by atoms with Crippen molar-refractivity contribution in [2.75, 3.05) is 20.3 Å².